The Labute approximate surface area is 155 Å². The van der Waals surface area contributed by atoms with Crippen LogP contribution in [0.5, 0.6) is 5.75 Å². The summed E-state index contributed by atoms with van der Waals surface area (Å²) in [5, 5.41) is 0. The minimum Gasteiger partial charge on any atom is -0.406 e. The molecule has 144 valence electrons. The van der Waals surface area contributed by atoms with Crippen molar-refractivity contribution in [3.8, 4) is 5.75 Å². The Morgan fingerprint density at radius 3 is 2.33 bits per heavy atom. The molecule has 27 heavy (non-hydrogen) atoms. The minimum absolute atomic E-state index is 0.0589. The smallest absolute Gasteiger partial charge is 0.406 e. The van der Waals surface area contributed by atoms with E-state index in [0.29, 0.717) is 25.2 Å². The first-order valence-electron chi connectivity index (χ1n) is 8.73. The highest BCUT2D eigenvalue weighted by atomic mass is 19.4. The third-order valence-electron chi connectivity index (χ3n) is 4.84. The van der Waals surface area contributed by atoms with E-state index in [4.69, 9.17) is 5.73 Å². The van der Waals surface area contributed by atoms with E-state index in [-0.39, 0.29) is 29.9 Å². The third kappa shape index (κ3) is 5.01. The average Bonchev–Trinajstić information content (AvgIpc) is 3.07. The average molecular weight is 378 g/mol. The van der Waals surface area contributed by atoms with E-state index < -0.39 is 6.36 Å². The van der Waals surface area contributed by atoms with Crippen LogP contribution in [0.25, 0.3) is 0 Å². The van der Waals surface area contributed by atoms with Crippen molar-refractivity contribution in [2.75, 3.05) is 19.6 Å². The summed E-state index contributed by atoms with van der Waals surface area (Å²) in [6.45, 7) is 1.68. The maximum Gasteiger partial charge on any atom is 0.573 e. The van der Waals surface area contributed by atoms with E-state index in [9.17, 15) is 18.0 Å². The van der Waals surface area contributed by atoms with Crippen LogP contribution < -0.4 is 10.5 Å². The second kappa shape index (κ2) is 8.00. The predicted octanol–water partition coefficient (Wildman–Crippen LogP) is 3.33. The molecular weight excluding hydrogens is 357 g/mol. The lowest BCUT2D eigenvalue weighted by Crippen LogP contribution is -2.31. The summed E-state index contributed by atoms with van der Waals surface area (Å²) in [6, 6.07) is 15.4. The number of hydrogen-bond donors (Lipinski definition) is 1. The number of nitrogens with two attached hydrogens (primary N) is 1. The summed E-state index contributed by atoms with van der Waals surface area (Å²) >= 11 is 0. The number of amides is 1. The molecule has 2 atom stereocenters. The number of carbonyl (C=O) groups is 1. The molecule has 1 aliphatic rings. The molecule has 2 aromatic rings. The Balaban J connectivity index is 1.63. The molecule has 0 radical (unpaired) electrons. The summed E-state index contributed by atoms with van der Waals surface area (Å²) < 4.78 is 40.5. The summed E-state index contributed by atoms with van der Waals surface area (Å²) in [5.41, 5.74) is 7.70. The Kier molecular flexibility index (Phi) is 5.70. The van der Waals surface area contributed by atoms with Crippen molar-refractivity contribution in [1.29, 1.82) is 0 Å². The number of likely N-dealkylation sites (tertiary alicyclic amines) is 1. The molecule has 1 amide bonds. The SMILES string of the molecule is NC[C@@H]1CN(C(=O)Cc2ccc(OC(F)(F)F)cc2)C[C@H]1c1ccccc1. The van der Waals surface area contributed by atoms with Crippen molar-refractivity contribution in [2.24, 2.45) is 11.7 Å². The van der Waals surface area contributed by atoms with Gasteiger partial charge in [-0.25, -0.2) is 0 Å². The zero-order valence-corrected chi connectivity index (χ0v) is 14.7. The van der Waals surface area contributed by atoms with E-state index >= 15 is 0 Å². The van der Waals surface area contributed by atoms with E-state index in [1.807, 2.05) is 30.3 Å². The van der Waals surface area contributed by atoms with Crippen LogP contribution in [0.15, 0.2) is 54.6 Å². The standard InChI is InChI=1S/C20H21F3N2O2/c21-20(22,23)27-17-8-6-14(7-9-17)10-19(26)25-12-16(11-24)18(13-25)15-4-2-1-3-5-15/h1-9,16,18H,10-13,24H2/t16-,18+/m1/s1. The minimum atomic E-state index is -4.73. The number of nitrogens with zero attached hydrogens (tertiary/aromatic N) is 1. The fourth-order valence-electron chi connectivity index (χ4n) is 3.49. The molecule has 1 fully saturated rings. The molecule has 1 heterocycles. The van der Waals surface area contributed by atoms with Gasteiger partial charge >= 0.3 is 6.36 Å². The van der Waals surface area contributed by atoms with Gasteiger partial charge in [0.1, 0.15) is 5.75 Å². The molecule has 0 unspecified atom stereocenters. The number of ether oxygens (including phenoxy) is 1. The lowest BCUT2D eigenvalue weighted by molar-refractivity contribution is -0.274. The maximum atomic E-state index is 12.6. The van der Waals surface area contributed by atoms with Gasteiger partial charge in [-0.3, -0.25) is 4.79 Å². The van der Waals surface area contributed by atoms with Gasteiger partial charge in [0.2, 0.25) is 5.91 Å². The summed E-state index contributed by atoms with van der Waals surface area (Å²) in [7, 11) is 0. The molecule has 0 aliphatic carbocycles. The van der Waals surface area contributed by atoms with Crippen molar-refractivity contribution < 1.29 is 22.7 Å². The van der Waals surface area contributed by atoms with E-state index in [1.54, 1.807) is 4.90 Å². The first-order valence-corrected chi connectivity index (χ1v) is 8.73. The fourth-order valence-corrected chi connectivity index (χ4v) is 3.49. The van der Waals surface area contributed by atoms with Crippen LogP contribution >= 0.6 is 0 Å². The van der Waals surface area contributed by atoms with Crippen LogP contribution in [0.1, 0.15) is 17.0 Å². The highest BCUT2D eigenvalue weighted by molar-refractivity contribution is 5.79. The Hall–Kier alpha value is -2.54. The van der Waals surface area contributed by atoms with Crippen molar-refractivity contribution in [1.82, 2.24) is 4.90 Å². The van der Waals surface area contributed by atoms with Crippen molar-refractivity contribution in [2.45, 2.75) is 18.7 Å². The molecule has 2 aromatic carbocycles. The topological polar surface area (TPSA) is 55.6 Å². The number of rotatable bonds is 5. The number of alkyl halides is 3. The zero-order valence-electron chi connectivity index (χ0n) is 14.7. The normalized spacial score (nSPS) is 19.9. The van der Waals surface area contributed by atoms with Crippen LogP contribution in [0.4, 0.5) is 13.2 Å². The van der Waals surface area contributed by atoms with Gasteiger partial charge in [-0.2, -0.15) is 0 Å². The molecule has 1 aliphatic heterocycles. The summed E-state index contributed by atoms with van der Waals surface area (Å²) in [6.07, 6.45) is -4.60. The molecule has 0 spiro atoms. The Morgan fingerprint density at radius 2 is 1.74 bits per heavy atom. The first kappa shape index (κ1) is 19.2. The molecule has 0 saturated carbocycles. The van der Waals surface area contributed by atoms with Gasteiger partial charge in [0, 0.05) is 19.0 Å². The molecule has 1 saturated heterocycles. The van der Waals surface area contributed by atoms with Crippen molar-refractivity contribution >= 4 is 5.91 Å². The fraction of sp³-hybridized carbons (Fsp3) is 0.350. The Morgan fingerprint density at radius 1 is 1.07 bits per heavy atom. The number of halogens is 3. The van der Waals surface area contributed by atoms with Gasteiger partial charge in [-0.15, -0.1) is 13.2 Å². The number of benzene rings is 2. The molecule has 2 N–H and O–H groups in total. The number of hydrogen-bond acceptors (Lipinski definition) is 3. The molecule has 3 rings (SSSR count). The van der Waals surface area contributed by atoms with Gasteiger partial charge in [0.25, 0.3) is 0 Å². The molecule has 0 bridgehead atoms. The quantitative estimate of drug-likeness (QED) is 0.868. The Bertz CT molecular complexity index is 763. The van der Waals surface area contributed by atoms with Gasteiger partial charge < -0.3 is 15.4 Å². The van der Waals surface area contributed by atoms with E-state index in [2.05, 4.69) is 4.74 Å². The second-order valence-corrected chi connectivity index (χ2v) is 6.68. The van der Waals surface area contributed by atoms with Gasteiger partial charge in [0.05, 0.1) is 6.42 Å². The zero-order chi connectivity index (χ0) is 19.4. The second-order valence-electron chi connectivity index (χ2n) is 6.68. The highest BCUT2D eigenvalue weighted by Gasteiger charge is 2.35. The highest BCUT2D eigenvalue weighted by Crippen LogP contribution is 2.32. The maximum absolute atomic E-state index is 12.6. The third-order valence-corrected chi connectivity index (χ3v) is 4.84. The van der Waals surface area contributed by atoms with Gasteiger partial charge in [-0.1, -0.05) is 42.5 Å². The largest absolute Gasteiger partial charge is 0.573 e. The van der Waals surface area contributed by atoms with Crippen LogP contribution in [0.3, 0.4) is 0 Å². The van der Waals surface area contributed by atoms with Crippen LogP contribution in [-0.2, 0) is 11.2 Å². The lowest BCUT2D eigenvalue weighted by atomic mass is 9.89. The molecule has 7 heteroatoms. The van der Waals surface area contributed by atoms with Gasteiger partial charge in [0.15, 0.2) is 0 Å². The lowest BCUT2D eigenvalue weighted by Gasteiger charge is -2.17. The summed E-state index contributed by atoms with van der Waals surface area (Å²) in [5.74, 6) is 0.0326. The van der Waals surface area contributed by atoms with Crippen molar-refractivity contribution in [3.63, 3.8) is 0 Å². The predicted molar refractivity (Wildman–Crippen MR) is 95.1 cm³/mol. The van der Waals surface area contributed by atoms with E-state index in [0.717, 1.165) is 5.56 Å². The van der Waals surface area contributed by atoms with Crippen molar-refractivity contribution in [3.05, 3.63) is 65.7 Å². The monoisotopic (exact) mass is 378 g/mol. The van der Waals surface area contributed by atoms with Crippen LogP contribution in [0.2, 0.25) is 0 Å². The van der Waals surface area contributed by atoms with E-state index in [1.165, 1.54) is 24.3 Å². The summed E-state index contributed by atoms with van der Waals surface area (Å²) in [4.78, 5) is 14.4. The number of carbonyl (C=O) groups excluding carboxylic acids is 1. The molecular formula is C20H21F3N2O2. The molecule has 4 nitrogen and oxygen atoms in total. The van der Waals surface area contributed by atoms with Crippen LogP contribution in [-0.4, -0.2) is 36.8 Å². The first-order chi connectivity index (χ1) is 12.9. The molecule has 0 aromatic heterocycles. The van der Waals surface area contributed by atoms with Gasteiger partial charge in [-0.05, 0) is 35.7 Å². The van der Waals surface area contributed by atoms with Crippen LogP contribution in [0, 0.1) is 5.92 Å².